The molecule has 0 aliphatic carbocycles. The summed E-state index contributed by atoms with van der Waals surface area (Å²) in [5, 5.41) is 14.7. The van der Waals surface area contributed by atoms with Crippen LogP contribution in [0.15, 0.2) is 79.4 Å². The van der Waals surface area contributed by atoms with Gasteiger partial charge in [-0.05, 0) is 42.0 Å². The Bertz CT molecular complexity index is 1200. The predicted molar refractivity (Wildman–Crippen MR) is 118 cm³/mol. The molecule has 6 nitrogen and oxygen atoms in total. The Balaban J connectivity index is 1.78. The molecule has 1 heterocycles. The fraction of sp³-hybridized carbons (Fsp3) is 0.0870. The van der Waals surface area contributed by atoms with Gasteiger partial charge in [0.1, 0.15) is 18.4 Å². The molecule has 0 radical (unpaired) electrons. The van der Waals surface area contributed by atoms with E-state index in [2.05, 4.69) is 10.1 Å². The molecule has 4 aromatic rings. The molecule has 3 aromatic carbocycles. The molecular formula is C23H17Cl2N3O3. The number of hydrogen-bond acceptors (Lipinski definition) is 4. The first-order valence-electron chi connectivity index (χ1n) is 9.36. The smallest absolute Gasteiger partial charge is 0.335 e. The number of benzene rings is 3. The fourth-order valence-corrected chi connectivity index (χ4v) is 3.56. The van der Waals surface area contributed by atoms with E-state index in [0.717, 1.165) is 11.1 Å². The summed E-state index contributed by atoms with van der Waals surface area (Å²) in [4.78, 5) is 15.4. The van der Waals surface area contributed by atoms with Crippen molar-refractivity contribution < 1.29 is 14.6 Å². The number of nitrogens with zero attached hydrogens (tertiary/aromatic N) is 3. The fourth-order valence-electron chi connectivity index (χ4n) is 3.20. The summed E-state index contributed by atoms with van der Waals surface area (Å²) >= 11 is 12.5. The van der Waals surface area contributed by atoms with Crippen LogP contribution in [-0.4, -0.2) is 25.8 Å². The van der Waals surface area contributed by atoms with E-state index in [1.807, 2.05) is 30.3 Å². The predicted octanol–water partition coefficient (Wildman–Crippen LogP) is 5.50. The van der Waals surface area contributed by atoms with Crippen molar-refractivity contribution in [1.82, 2.24) is 14.8 Å². The molecule has 1 atom stereocenters. The molecule has 0 saturated heterocycles. The normalized spacial score (nSPS) is 11.8. The molecule has 0 aliphatic rings. The van der Waals surface area contributed by atoms with Gasteiger partial charge in [0.05, 0.1) is 12.1 Å². The molecule has 1 unspecified atom stereocenters. The number of carbonyl (C=O) groups is 1. The second-order valence-corrected chi connectivity index (χ2v) is 7.64. The van der Waals surface area contributed by atoms with Gasteiger partial charge in [-0.3, -0.25) is 0 Å². The minimum Gasteiger partial charge on any atom is -0.481 e. The number of aromatic nitrogens is 3. The first-order chi connectivity index (χ1) is 15.0. The van der Waals surface area contributed by atoms with Crippen LogP contribution in [0.3, 0.4) is 0 Å². The zero-order valence-electron chi connectivity index (χ0n) is 16.2. The molecule has 1 aromatic heterocycles. The lowest BCUT2D eigenvalue weighted by Gasteiger charge is -2.23. The third-order valence-electron chi connectivity index (χ3n) is 4.71. The minimum atomic E-state index is -1.02. The lowest BCUT2D eigenvalue weighted by molar-refractivity contribution is 0.0696. The van der Waals surface area contributed by atoms with Crippen LogP contribution in [0.4, 0.5) is 0 Å². The lowest BCUT2D eigenvalue weighted by atomic mass is 10.0. The van der Waals surface area contributed by atoms with Crippen molar-refractivity contribution in [3.63, 3.8) is 0 Å². The van der Waals surface area contributed by atoms with E-state index in [0.29, 0.717) is 27.9 Å². The van der Waals surface area contributed by atoms with Crippen LogP contribution < -0.4 is 4.74 Å². The standard InChI is InChI=1S/C23H17Cl2N3O3/c24-18-8-5-15(6-9-18)22(19-3-1-2-4-20(19)25)31-21-10-7-16(23(29)30)11-17(21)12-28-14-26-13-27-28/h1-11,13-14,22H,12H2,(H,29,30). The van der Waals surface area contributed by atoms with Crippen LogP contribution in [0.1, 0.15) is 33.2 Å². The van der Waals surface area contributed by atoms with Crippen molar-refractivity contribution in [3.05, 3.63) is 112 Å². The molecule has 0 fully saturated rings. The molecule has 0 saturated carbocycles. The van der Waals surface area contributed by atoms with Crippen LogP contribution in [0.2, 0.25) is 10.0 Å². The van der Waals surface area contributed by atoms with Crippen molar-refractivity contribution in [2.45, 2.75) is 12.6 Å². The maximum Gasteiger partial charge on any atom is 0.335 e. The molecule has 0 spiro atoms. The largest absolute Gasteiger partial charge is 0.481 e. The second kappa shape index (κ2) is 9.20. The quantitative estimate of drug-likeness (QED) is 0.399. The first kappa shape index (κ1) is 20.9. The molecule has 0 bridgehead atoms. The molecule has 8 heteroatoms. The summed E-state index contributed by atoms with van der Waals surface area (Å²) in [6.45, 7) is 0.298. The second-order valence-electron chi connectivity index (χ2n) is 6.79. The third-order valence-corrected chi connectivity index (χ3v) is 5.31. The molecule has 0 amide bonds. The maximum atomic E-state index is 11.5. The summed E-state index contributed by atoms with van der Waals surface area (Å²) in [6.07, 6.45) is 2.44. The van der Waals surface area contributed by atoms with Gasteiger partial charge in [0.2, 0.25) is 0 Å². The van der Waals surface area contributed by atoms with E-state index in [1.165, 1.54) is 12.4 Å². The molecule has 0 aliphatic heterocycles. The maximum absolute atomic E-state index is 11.5. The molecule has 1 N–H and O–H groups in total. The Labute approximate surface area is 188 Å². The van der Waals surface area contributed by atoms with Gasteiger partial charge in [-0.15, -0.1) is 0 Å². The SMILES string of the molecule is O=C(O)c1ccc(OC(c2ccc(Cl)cc2)c2ccccc2Cl)c(Cn2cncn2)c1. The summed E-state index contributed by atoms with van der Waals surface area (Å²) in [5.41, 5.74) is 2.44. The molecule has 31 heavy (non-hydrogen) atoms. The van der Waals surface area contributed by atoms with Gasteiger partial charge in [0.15, 0.2) is 6.10 Å². The summed E-state index contributed by atoms with van der Waals surface area (Å²) in [6, 6.07) is 19.5. The van der Waals surface area contributed by atoms with Crippen molar-refractivity contribution >= 4 is 29.2 Å². The van der Waals surface area contributed by atoms with E-state index in [9.17, 15) is 9.90 Å². The van der Waals surface area contributed by atoms with E-state index < -0.39 is 12.1 Å². The topological polar surface area (TPSA) is 77.2 Å². The van der Waals surface area contributed by atoms with Gasteiger partial charge in [-0.1, -0.05) is 53.5 Å². The van der Waals surface area contributed by atoms with E-state index in [4.69, 9.17) is 27.9 Å². The number of hydrogen-bond donors (Lipinski definition) is 1. The number of rotatable bonds is 7. The highest BCUT2D eigenvalue weighted by Gasteiger charge is 2.21. The van der Waals surface area contributed by atoms with Gasteiger partial charge in [0.25, 0.3) is 0 Å². The Kier molecular flexibility index (Phi) is 6.21. The first-order valence-corrected chi connectivity index (χ1v) is 10.1. The number of halogens is 2. The van der Waals surface area contributed by atoms with Crippen molar-refractivity contribution in [2.75, 3.05) is 0 Å². The average molecular weight is 454 g/mol. The van der Waals surface area contributed by atoms with Gasteiger partial charge >= 0.3 is 5.97 Å². The number of carboxylic acid groups (broad SMARTS) is 1. The van der Waals surface area contributed by atoms with Crippen LogP contribution >= 0.6 is 23.2 Å². The molecule has 156 valence electrons. The zero-order valence-corrected chi connectivity index (χ0v) is 17.7. The summed E-state index contributed by atoms with van der Waals surface area (Å²) in [5.74, 6) is -0.507. The van der Waals surface area contributed by atoms with Crippen molar-refractivity contribution in [2.24, 2.45) is 0 Å². The molecular weight excluding hydrogens is 437 g/mol. The van der Waals surface area contributed by atoms with Gasteiger partial charge in [-0.25, -0.2) is 14.5 Å². The van der Waals surface area contributed by atoms with E-state index >= 15 is 0 Å². The van der Waals surface area contributed by atoms with E-state index in [1.54, 1.807) is 41.3 Å². The van der Waals surface area contributed by atoms with Crippen LogP contribution in [0, 0.1) is 0 Å². The minimum absolute atomic E-state index is 0.156. The highest BCUT2D eigenvalue weighted by Crippen LogP contribution is 2.35. The van der Waals surface area contributed by atoms with Crippen molar-refractivity contribution in [3.8, 4) is 5.75 Å². The Morgan fingerprint density at radius 1 is 1.06 bits per heavy atom. The molecule has 4 rings (SSSR count). The van der Waals surface area contributed by atoms with Gasteiger partial charge < -0.3 is 9.84 Å². The average Bonchev–Trinajstić information content (AvgIpc) is 3.27. The van der Waals surface area contributed by atoms with Crippen LogP contribution in [-0.2, 0) is 6.54 Å². The summed E-state index contributed by atoms with van der Waals surface area (Å²) in [7, 11) is 0. The van der Waals surface area contributed by atoms with Crippen LogP contribution in [0.25, 0.3) is 0 Å². The number of aromatic carboxylic acids is 1. The van der Waals surface area contributed by atoms with Gasteiger partial charge in [0, 0.05) is 21.2 Å². The zero-order chi connectivity index (χ0) is 21.8. The monoisotopic (exact) mass is 453 g/mol. The highest BCUT2D eigenvalue weighted by atomic mass is 35.5. The van der Waals surface area contributed by atoms with Crippen molar-refractivity contribution in [1.29, 1.82) is 0 Å². The Hall–Kier alpha value is -3.35. The number of ether oxygens (including phenoxy) is 1. The van der Waals surface area contributed by atoms with Crippen LogP contribution in [0.5, 0.6) is 5.75 Å². The van der Waals surface area contributed by atoms with E-state index in [-0.39, 0.29) is 5.56 Å². The Morgan fingerprint density at radius 3 is 2.52 bits per heavy atom. The highest BCUT2D eigenvalue weighted by molar-refractivity contribution is 6.31. The lowest BCUT2D eigenvalue weighted by Crippen LogP contribution is -2.13. The number of carboxylic acids is 1. The van der Waals surface area contributed by atoms with Gasteiger partial charge in [-0.2, -0.15) is 5.10 Å². The third kappa shape index (κ3) is 4.87. The Morgan fingerprint density at radius 2 is 1.84 bits per heavy atom. The summed E-state index contributed by atoms with van der Waals surface area (Å²) < 4.78 is 8.04.